The van der Waals surface area contributed by atoms with Gasteiger partial charge in [0.15, 0.2) is 0 Å². The molecule has 1 aromatic heterocycles. The van der Waals surface area contributed by atoms with Crippen LogP contribution in [0.4, 0.5) is 17.6 Å². The Morgan fingerprint density at radius 2 is 2.07 bits per heavy atom. The van der Waals surface area contributed by atoms with Gasteiger partial charge in [-0.3, -0.25) is 4.98 Å². The first-order valence-corrected chi connectivity index (χ1v) is 5.82. The third-order valence-electron chi connectivity index (χ3n) is 1.73. The molecular weight excluding hydrogens is 250 g/mol. The Labute approximate surface area is 93.1 Å². The standard InChI is InChI=1S/C8H7F4NS2/c1-4(15-14)7-6(8(10,11)12)2-5(9)3-13-7/h2-4,14H,1H3. The zero-order valence-corrected chi connectivity index (χ0v) is 9.26. The Hall–Kier alpha value is -0.430. The van der Waals surface area contributed by atoms with Gasteiger partial charge in [0.25, 0.3) is 0 Å². The van der Waals surface area contributed by atoms with Crippen molar-refractivity contribution in [3.05, 3.63) is 29.3 Å². The van der Waals surface area contributed by atoms with Crippen LogP contribution in [0.3, 0.4) is 0 Å². The van der Waals surface area contributed by atoms with Gasteiger partial charge >= 0.3 is 6.18 Å². The average Bonchev–Trinajstić information content (AvgIpc) is 2.15. The lowest BCUT2D eigenvalue weighted by atomic mass is 10.1. The second-order valence-electron chi connectivity index (χ2n) is 2.83. The van der Waals surface area contributed by atoms with Gasteiger partial charge in [-0.05, 0) is 13.0 Å². The van der Waals surface area contributed by atoms with Crippen molar-refractivity contribution >= 4 is 22.5 Å². The molecule has 0 amide bonds. The van der Waals surface area contributed by atoms with Crippen LogP contribution in [0, 0.1) is 5.82 Å². The summed E-state index contributed by atoms with van der Waals surface area (Å²) in [5.41, 5.74) is -1.25. The molecule has 0 fully saturated rings. The fourth-order valence-electron chi connectivity index (χ4n) is 1.05. The van der Waals surface area contributed by atoms with Gasteiger partial charge in [-0.1, -0.05) is 10.8 Å². The van der Waals surface area contributed by atoms with E-state index in [0.717, 1.165) is 17.0 Å². The molecule has 0 spiro atoms. The van der Waals surface area contributed by atoms with Gasteiger partial charge < -0.3 is 0 Å². The van der Waals surface area contributed by atoms with E-state index in [1.54, 1.807) is 0 Å². The minimum absolute atomic E-state index is 0.205. The second kappa shape index (κ2) is 4.61. The summed E-state index contributed by atoms with van der Waals surface area (Å²) >= 11 is 3.81. The topological polar surface area (TPSA) is 12.9 Å². The van der Waals surface area contributed by atoms with Crippen LogP contribution < -0.4 is 0 Å². The molecule has 0 aromatic carbocycles. The van der Waals surface area contributed by atoms with E-state index in [-0.39, 0.29) is 5.69 Å². The molecule has 1 nitrogen and oxygen atoms in total. The highest BCUT2D eigenvalue weighted by Gasteiger charge is 2.35. The highest BCUT2D eigenvalue weighted by Crippen LogP contribution is 2.38. The molecule has 1 rings (SSSR count). The molecule has 15 heavy (non-hydrogen) atoms. The Morgan fingerprint density at radius 3 is 2.53 bits per heavy atom. The Bertz CT molecular complexity index is 353. The maximum atomic E-state index is 12.7. The minimum Gasteiger partial charge on any atom is -0.256 e. The lowest BCUT2D eigenvalue weighted by molar-refractivity contribution is -0.138. The van der Waals surface area contributed by atoms with Crippen molar-refractivity contribution in [2.75, 3.05) is 0 Å². The summed E-state index contributed by atoms with van der Waals surface area (Å²) in [5.74, 6) is -0.998. The molecule has 1 aromatic rings. The molecule has 1 heterocycles. The molecule has 0 aliphatic heterocycles. The van der Waals surface area contributed by atoms with E-state index < -0.39 is 22.8 Å². The minimum atomic E-state index is -4.60. The van der Waals surface area contributed by atoms with Gasteiger partial charge in [-0.2, -0.15) is 13.2 Å². The molecule has 0 radical (unpaired) electrons. The zero-order chi connectivity index (χ0) is 11.6. The third kappa shape index (κ3) is 3.01. The predicted octanol–water partition coefficient (Wildman–Crippen LogP) is 3.88. The molecule has 84 valence electrons. The van der Waals surface area contributed by atoms with Gasteiger partial charge in [-0.15, -0.1) is 11.7 Å². The van der Waals surface area contributed by atoms with Crippen LogP contribution in [-0.2, 0) is 6.18 Å². The van der Waals surface area contributed by atoms with Crippen molar-refractivity contribution in [2.45, 2.75) is 18.3 Å². The van der Waals surface area contributed by atoms with E-state index in [4.69, 9.17) is 0 Å². The summed E-state index contributed by atoms with van der Waals surface area (Å²) in [6, 6.07) is 0.447. The van der Waals surface area contributed by atoms with E-state index in [1.165, 1.54) is 6.92 Å². The van der Waals surface area contributed by atoms with E-state index in [0.29, 0.717) is 6.07 Å². The Morgan fingerprint density at radius 1 is 1.47 bits per heavy atom. The summed E-state index contributed by atoms with van der Waals surface area (Å²) in [7, 11) is 0.924. The highest BCUT2D eigenvalue weighted by atomic mass is 33.1. The van der Waals surface area contributed by atoms with Crippen molar-refractivity contribution < 1.29 is 17.6 Å². The van der Waals surface area contributed by atoms with E-state index >= 15 is 0 Å². The number of aromatic nitrogens is 1. The Balaban J connectivity index is 3.27. The Kier molecular flexibility index (Phi) is 3.88. The summed E-state index contributed by atoms with van der Waals surface area (Å²) in [5, 5.41) is -0.550. The molecule has 0 saturated carbocycles. The number of hydrogen-bond donors (Lipinski definition) is 1. The van der Waals surface area contributed by atoms with Gasteiger partial charge in [0.2, 0.25) is 0 Å². The van der Waals surface area contributed by atoms with E-state index in [2.05, 4.69) is 16.6 Å². The van der Waals surface area contributed by atoms with Crippen molar-refractivity contribution in [3.8, 4) is 0 Å². The number of alkyl halides is 3. The quantitative estimate of drug-likeness (QED) is 0.490. The first-order valence-electron chi connectivity index (χ1n) is 3.89. The van der Waals surface area contributed by atoms with Crippen LogP contribution in [0.2, 0.25) is 0 Å². The number of thiol groups is 1. The summed E-state index contributed by atoms with van der Waals surface area (Å²) in [4.78, 5) is 3.45. The fraction of sp³-hybridized carbons (Fsp3) is 0.375. The molecule has 1 unspecified atom stereocenters. The maximum absolute atomic E-state index is 12.7. The van der Waals surface area contributed by atoms with E-state index in [1.807, 2.05) is 0 Å². The van der Waals surface area contributed by atoms with Gasteiger partial charge in [-0.25, -0.2) is 4.39 Å². The molecular formula is C8H7F4NS2. The number of rotatable bonds is 2. The SMILES string of the molecule is CC(SS)c1ncc(F)cc1C(F)(F)F. The first-order chi connectivity index (χ1) is 6.86. The highest BCUT2D eigenvalue weighted by molar-refractivity contribution is 8.68. The average molecular weight is 257 g/mol. The van der Waals surface area contributed by atoms with Crippen molar-refractivity contribution in [1.82, 2.24) is 4.98 Å². The molecule has 0 saturated heterocycles. The molecule has 0 aliphatic rings. The molecule has 0 bridgehead atoms. The summed E-state index contributed by atoms with van der Waals surface area (Å²) in [6.45, 7) is 1.52. The van der Waals surface area contributed by atoms with Crippen molar-refractivity contribution in [1.29, 1.82) is 0 Å². The monoisotopic (exact) mass is 257 g/mol. The lowest BCUT2D eigenvalue weighted by Crippen LogP contribution is -2.12. The van der Waals surface area contributed by atoms with Crippen LogP contribution >= 0.6 is 22.5 Å². The van der Waals surface area contributed by atoms with Crippen LogP contribution in [0.15, 0.2) is 12.3 Å². The van der Waals surface area contributed by atoms with Crippen molar-refractivity contribution in [2.24, 2.45) is 0 Å². The van der Waals surface area contributed by atoms with Gasteiger partial charge in [0.05, 0.1) is 22.7 Å². The van der Waals surface area contributed by atoms with Crippen LogP contribution in [0.1, 0.15) is 23.4 Å². The summed E-state index contributed by atoms with van der Waals surface area (Å²) in [6.07, 6.45) is -3.83. The molecule has 0 N–H and O–H groups in total. The third-order valence-corrected chi connectivity index (χ3v) is 3.22. The van der Waals surface area contributed by atoms with Crippen LogP contribution in [-0.4, -0.2) is 4.98 Å². The number of hydrogen-bond acceptors (Lipinski definition) is 3. The van der Waals surface area contributed by atoms with Crippen molar-refractivity contribution in [3.63, 3.8) is 0 Å². The lowest BCUT2D eigenvalue weighted by Gasteiger charge is -2.14. The number of nitrogens with zero attached hydrogens (tertiary/aromatic N) is 1. The molecule has 7 heteroatoms. The fourth-order valence-corrected chi connectivity index (χ4v) is 1.64. The number of pyridine rings is 1. The smallest absolute Gasteiger partial charge is 0.256 e. The molecule has 1 atom stereocenters. The largest absolute Gasteiger partial charge is 0.418 e. The summed E-state index contributed by atoms with van der Waals surface area (Å²) < 4.78 is 50.1. The van der Waals surface area contributed by atoms with Gasteiger partial charge in [0, 0.05) is 0 Å². The van der Waals surface area contributed by atoms with Crippen LogP contribution in [0.25, 0.3) is 0 Å². The normalized spacial score (nSPS) is 14.0. The van der Waals surface area contributed by atoms with Crippen LogP contribution in [0.5, 0.6) is 0 Å². The van der Waals surface area contributed by atoms with E-state index in [9.17, 15) is 17.6 Å². The zero-order valence-electron chi connectivity index (χ0n) is 7.55. The maximum Gasteiger partial charge on any atom is 0.418 e. The first kappa shape index (κ1) is 12.6. The predicted molar refractivity (Wildman–Crippen MR) is 54.2 cm³/mol. The number of halogens is 4. The second-order valence-corrected chi connectivity index (χ2v) is 4.38. The molecule has 0 aliphatic carbocycles. The van der Waals surface area contributed by atoms with Gasteiger partial charge in [0.1, 0.15) is 5.82 Å².